The van der Waals surface area contributed by atoms with Crippen molar-refractivity contribution in [2.24, 2.45) is 5.73 Å². The number of unbranched alkanes of at least 4 members (excludes halogenated alkanes) is 2. The van der Waals surface area contributed by atoms with Gasteiger partial charge in [0, 0.05) is 18.2 Å². The lowest BCUT2D eigenvalue weighted by Crippen LogP contribution is -2.43. The van der Waals surface area contributed by atoms with Crippen LogP contribution in [0.4, 0.5) is 4.79 Å². The Hall–Kier alpha value is -1.98. The maximum atomic E-state index is 12.3. The molecule has 1 aliphatic rings. The highest BCUT2D eigenvalue weighted by molar-refractivity contribution is 7.86. The zero-order chi connectivity index (χ0) is 22.1. The summed E-state index contributed by atoms with van der Waals surface area (Å²) in [6, 6.07) is -0.704. The summed E-state index contributed by atoms with van der Waals surface area (Å²) < 4.78 is 34.7. The molecule has 1 atom stereocenters. The van der Waals surface area contributed by atoms with Crippen LogP contribution < -0.4 is 11.1 Å². The first-order chi connectivity index (χ1) is 13.4. The highest BCUT2D eigenvalue weighted by atomic mass is 32.2. The number of amides is 3. The second kappa shape index (κ2) is 11.3. The number of hydrogen-bond acceptors (Lipinski definition) is 8. The Morgan fingerprint density at radius 1 is 1.17 bits per heavy atom. The number of rotatable bonds is 12. The molecule has 1 unspecified atom stereocenters. The van der Waals surface area contributed by atoms with Crippen molar-refractivity contribution >= 4 is 28.0 Å². The summed E-state index contributed by atoms with van der Waals surface area (Å²) in [7, 11) is -4.00. The van der Waals surface area contributed by atoms with Gasteiger partial charge in [-0.25, -0.2) is 4.79 Å². The largest absolute Gasteiger partial charge is 0.444 e. The van der Waals surface area contributed by atoms with Crippen molar-refractivity contribution in [3.63, 3.8) is 0 Å². The fraction of sp³-hybridized carbons (Fsp3) is 0.722. The lowest BCUT2D eigenvalue weighted by atomic mass is 10.1. The van der Waals surface area contributed by atoms with Crippen molar-refractivity contribution in [2.45, 2.75) is 58.1 Å². The first-order valence-corrected chi connectivity index (χ1v) is 11.1. The van der Waals surface area contributed by atoms with Crippen LogP contribution in [-0.4, -0.2) is 68.3 Å². The average molecular weight is 434 g/mol. The summed E-state index contributed by atoms with van der Waals surface area (Å²) in [6.45, 7) is 5.13. The van der Waals surface area contributed by atoms with E-state index in [1.165, 1.54) is 0 Å². The Kier molecular flexibility index (Phi) is 9.74. The van der Waals surface area contributed by atoms with Crippen LogP contribution >= 0.6 is 0 Å². The number of nitrogens with two attached hydrogens (primary N) is 1. The number of alkyl carbamates (subject to hydrolysis) is 1. The fourth-order valence-corrected chi connectivity index (χ4v) is 3.75. The molecule has 0 aromatic rings. The van der Waals surface area contributed by atoms with Crippen molar-refractivity contribution < 1.29 is 31.7 Å². The minimum Gasteiger partial charge on any atom is -0.444 e. The molecule has 1 heterocycles. The Bertz CT molecular complexity index is 695. The number of carbonyl (C=O) groups is 3. The summed E-state index contributed by atoms with van der Waals surface area (Å²) in [5, 5.41) is 2.57. The van der Waals surface area contributed by atoms with E-state index in [4.69, 9.17) is 14.7 Å². The van der Waals surface area contributed by atoms with Crippen LogP contribution in [0.1, 0.15) is 46.5 Å². The second-order valence-electron chi connectivity index (χ2n) is 7.69. The molecule has 11 heteroatoms. The Labute approximate surface area is 171 Å². The van der Waals surface area contributed by atoms with Gasteiger partial charge in [0.15, 0.2) is 0 Å². The van der Waals surface area contributed by atoms with E-state index in [0.29, 0.717) is 19.4 Å². The Morgan fingerprint density at radius 3 is 2.34 bits per heavy atom. The topological polar surface area (TPSA) is 145 Å². The van der Waals surface area contributed by atoms with Gasteiger partial charge in [-0.1, -0.05) is 12.8 Å². The van der Waals surface area contributed by atoms with Crippen molar-refractivity contribution in [3.8, 4) is 0 Å². The SMILES string of the molecule is CC(C)(C)OC(=O)NC(CCCCCN)CS(=O)(=O)OCCN1C(=O)C=CC1=O. The van der Waals surface area contributed by atoms with E-state index in [-0.39, 0.29) is 13.2 Å². The third-order valence-corrected chi connectivity index (χ3v) is 5.20. The molecule has 166 valence electrons. The van der Waals surface area contributed by atoms with E-state index in [1.807, 2.05) is 0 Å². The van der Waals surface area contributed by atoms with Gasteiger partial charge in [0.05, 0.1) is 18.9 Å². The minimum absolute atomic E-state index is 0.176. The average Bonchev–Trinajstić information content (AvgIpc) is 2.88. The molecule has 3 amide bonds. The zero-order valence-electron chi connectivity index (χ0n) is 17.2. The minimum atomic E-state index is -4.00. The molecule has 0 aromatic carbocycles. The van der Waals surface area contributed by atoms with E-state index in [2.05, 4.69) is 5.32 Å². The lowest BCUT2D eigenvalue weighted by molar-refractivity contribution is -0.137. The number of nitrogens with zero attached hydrogens (tertiary/aromatic N) is 1. The molecule has 0 spiro atoms. The molecule has 1 rings (SSSR count). The molecule has 0 saturated heterocycles. The van der Waals surface area contributed by atoms with Crippen LogP contribution in [-0.2, 0) is 28.6 Å². The molecule has 0 radical (unpaired) electrons. The molecule has 0 aromatic heterocycles. The fourth-order valence-electron chi connectivity index (χ4n) is 2.58. The molecule has 10 nitrogen and oxygen atoms in total. The summed E-state index contributed by atoms with van der Waals surface area (Å²) in [5.74, 6) is -1.48. The smallest absolute Gasteiger partial charge is 0.407 e. The van der Waals surface area contributed by atoms with E-state index in [0.717, 1.165) is 29.9 Å². The maximum Gasteiger partial charge on any atom is 0.407 e. The van der Waals surface area contributed by atoms with Gasteiger partial charge in [0.25, 0.3) is 21.9 Å². The van der Waals surface area contributed by atoms with Gasteiger partial charge in [-0.2, -0.15) is 8.42 Å². The monoisotopic (exact) mass is 433 g/mol. The van der Waals surface area contributed by atoms with Gasteiger partial charge in [-0.3, -0.25) is 18.7 Å². The normalized spacial score (nSPS) is 15.7. The van der Waals surface area contributed by atoms with Crippen LogP contribution in [0.3, 0.4) is 0 Å². The van der Waals surface area contributed by atoms with E-state index in [9.17, 15) is 22.8 Å². The first kappa shape index (κ1) is 25.1. The van der Waals surface area contributed by atoms with Crippen LogP contribution in [0.25, 0.3) is 0 Å². The van der Waals surface area contributed by atoms with Crippen LogP contribution in [0.15, 0.2) is 12.2 Å². The number of nitrogens with one attached hydrogen (secondary N) is 1. The number of hydrogen-bond donors (Lipinski definition) is 2. The highest BCUT2D eigenvalue weighted by Crippen LogP contribution is 2.11. The molecule has 3 N–H and O–H groups in total. The maximum absolute atomic E-state index is 12.3. The number of carbonyl (C=O) groups excluding carboxylic acids is 3. The van der Waals surface area contributed by atoms with Gasteiger partial charge in [0.2, 0.25) is 0 Å². The van der Waals surface area contributed by atoms with Crippen LogP contribution in [0, 0.1) is 0 Å². The summed E-state index contributed by atoms with van der Waals surface area (Å²) in [4.78, 5) is 35.8. The van der Waals surface area contributed by atoms with E-state index >= 15 is 0 Å². The predicted octanol–water partition coefficient (Wildman–Crippen LogP) is 0.670. The van der Waals surface area contributed by atoms with Gasteiger partial charge in [0.1, 0.15) is 5.60 Å². The van der Waals surface area contributed by atoms with Gasteiger partial charge in [-0.15, -0.1) is 0 Å². The Morgan fingerprint density at radius 2 is 1.79 bits per heavy atom. The van der Waals surface area contributed by atoms with E-state index < -0.39 is 45.4 Å². The third kappa shape index (κ3) is 10.4. The van der Waals surface area contributed by atoms with Crippen molar-refractivity contribution in [1.82, 2.24) is 10.2 Å². The van der Waals surface area contributed by atoms with Gasteiger partial charge < -0.3 is 15.8 Å². The van der Waals surface area contributed by atoms with Crippen LogP contribution in [0.2, 0.25) is 0 Å². The number of ether oxygens (including phenoxy) is 1. The van der Waals surface area contributed by atoms with E-state index in [1.54, 1.807) is 20.8 Å². The molecule has 0 aliphatic carbocycles. The second-order valence-corrected chi connectivity index (χ2v) is 9.37. The summed E-state index contributed by atoms with van der Waals surface area (Å²) in [6.07, 6.45) is 4.20. The summed E-state index contributed by atoms with van der Waals surface area (Å²) in [5.41, 5.74) is 4.75. The first-order valence-electron chi connectivity index (χ1n) is 9.54. The molecular formula is C18H31N3O7S. The standard InChI is InChI=1S/C18H31N3O7S/c1-18(2,3)28-17(24)20-14(7-5-4-6-10-19)13-29(25,26)27-12-11-21-15(22)8-9-16(21)23/h8-9,14H,4-7,10-13,19H2,1-3H3,(H,20,24). The third-order valence-electron chi connectivity index (χ3n) is 3.86. The van der Waals surface area contributed by atoms with Gasteiger partial charge in [-0.05, 0) is 40.2 Å². The molecule has 0 fully saturated rings. The molecular weight excluding hydrogens is 402 g/mol. The van der Waals surface area contributed by atoms with Gasteiger partial charge >= 0.3 is 6.09 Å². The molecule has 1 aliphatic heterocycles. The molecule has 0 saturated carbocycles. The predicted molar refractivity (Wildman–Crippen MR) is 106 cm³/mol. The quantitative estimate of drug-likeness (QED) is 0.259. The zero-order valence-corrected chi connectivity index (χ0v) is 18.0. The molecule has 29 heavy (non-hydrogen) atoms. The molecule has 0 bridgehead atoms. The van der Waals surface area contributed by atoms with Crippen molar-refractivity contribution in [2.75, 3.05) is 25.4 Å². The summed E-state index contributed by atoms with van der Waals surface area (Å²) >= 11 is 0. The Balaban J connectivity index is 2.59. The number of imide groups is 1. The van der Waals surface area contributed by atoms with Crippen LogP contribution in [0.5, 0.6) is 0 Å². The van der Waals surface area contributed by atoms with Crippen molar-refractivity contribution in [3.05, 3.63) is 12.2 Å². The lowest BCUT2D eigenvalue weighted by Gasteiger charge is -2.23. The van der Waals surface area contributed by atoms with Crippen molar-refractivity contribution in [1.29, 1.82) is 0 Å². The highest BCUT2D eigenvalue weighted by Gasteiger charge is 2.26.